The summed E-state index contributed by atoms with van der Waals surface area (Å²) < 4.78 is 44.1. The number of halogens is 3. The van der Waals surface area contributed by atoms with E-state index in [-0.39, 0.29) is 17.9 Å². The molecule has 84 valence electrons. The van der Waals surface area contributed by atoms with Gasteiger partial charge in [0, 0.05) is 0 Å². The van der Waals surface area contributed by atoms with Gasteiger partial charge in [-0.1, -0.05) is 0 Å². The van der Waals surface area contributed by atoms with Crippen LogP contribution >= 0.6 is 0 Å². The Balaban J connectivity index is 2.52. The number of benzene rings is 1. The highest BCUT2D eigenvalue weighted by Gasteiger charge is 2.16. The second kappa shape index (κ2) is 4.02. The van der Waals surface area contributed by atoms with E-state index in [2.05, 4.69) is 0 Å². The average molecular weight is 227 g/mol. The highest BCUT2D eigenvalue weighted by atomic mass is 19.2. The molecule has 0 amide bonds. The molecule has 2 aromatic rings. The monoisotopic (exact) mass is 227 g/mol. The van der Waals surface area contributed by atoms with Crippen LogP contribution in [0, 0.1) is 17.5 Å². The molecule has 5 heteroatoms. The number of furan rings is 1. The third-order valence-corrected chi connectivity index (χ3v) is 2.16. The van der Waals surface area contributed by atoms with E-state index in [1.807, 2.05) is 0 Å². The Morgan fingerprint density at radius 3 is 2.38 bits per heavy atom. The van der Waals surface area contributed by atoms with Crippen molar-refractivity contribution in [3.05, 3.63) is 47.5 Å². The average Bonchev–Trinajstić information content (AvgIpc) is 2.74. The Bertz CT molecular complexity index is 522. The van der Waals surface area contributed by atoms with Crippen molar-refractivity contribution >= 4 is 0 Å². The molecule has 2 nitrogen and oxygen atoms in total. The SMILES string of the molecule is NCc1ccc(-c2ccc(F)c(F)c2F)o1. The number of rotatable bonds is 2. The summed E-state index contributed by atoms with van der Waals surface area (Å²) in [5, 5.41) is 0. The van der Waals surface area contributed by atoms with Gasteiger partial charge in [-0.05, 0) is 24.3 Å². The van der Waals surface area contributed by atoms with Crippen LogP contribution in [0.15, 0.2) is 28.7 Å². The molecule has 2 N–H and O–H groups in total. The Morgan fingerprint density at radius 2 is 1.75 bits per heavy atom. The summed E-state index contributed by atoms with van der Waals surface area (Å²) in [5.41, 5.74) is 5.19. The third kappa shape index (κ3) is 1.69. The van der Waals surface area contributed by atoms with Crippen LogP contribution in [0.4, 0.5) is 13.2 Å². The first-order valence-electron chi connectivity index (χ1n) is 4.56. The number of nitrogens with two attached hydrogens (primary N) is 1. The first kappa shape index (κ1) is 10.8. The van der Waals surface area contributed by atoms with E-state index in [0.29, 0.717) is 5.76 Å². The van der Waals surface area contributed by atoms with Gasteiger partial charge in [-0.2, -0.15) is 0 Å². The zero-order chi connectivity index (χ0) is 11.7. The van der Waals surface area contributed by atoms with E-state index in [1.54, 1.807) is 6.07 Å². The molecule has 0 aliphatic carbocycles. The molecule has 0 spiro atoms. The van der Waals surface area contributed by atoms with Crippen LogP contribution < -0.4 is 5.73 Å². The van der Waals surface area contributed by atoms with Gasteiger partial charge >= 0.3 is 0 Å². The quantitative estimate of drug-likeness (QED) is 0.801. The summed E-state index contributed by atoms with van der Waals surface area (Å²) in [6.45, 7) is 0.158. The molecule has 0 saturated heterocycles. The lowest BCUT2D eigenvalue weighted by Crippen LogP contribution is -1.94. The predicted octanol–water partition coefficient (Wildman–Crippen LogP) is 2.82. The predicted molar refractivity (Wildman–Crippen MR) is 51.9 cm³/mol. The topological polar surface area (TPSA) is 39.2 Å². The summed E-state index contributed by atoms with van der Waals surface area (Å²) in [7, 11) is 0. The fourth-order valence-corrected chi connectivity index (χ4v) is 1.35. The van der Waals surface area contributed by atoms with E-state index < -0.39 is 17.5 Å². The van der Waals surface area contributed by atoms with Crippen molar-refractivity contribution in [3.8, 4) is 11.3 Å². The van der Waals surface area contributed by atoms with Crippen LogP contribution in [0.2, 0.25) is 0 Å². The summed E-state index contributed by atoms with van der Waals surface area (Å²) in [6.07, 6.45) is 0. The summed E-state index contributed by atoms with van der Waals surface area (Å²) >= 11 is 0. The van der Waals surface area contributed by atoms with Crippen molar-refractivity contribution in [2.75, 3.05) is 0 Å². The maximum Gasteiger partial charge on any atom is 0.195 e. The molecule has 0 atom stereocenters. The molecular formula is C11H8F3NO. The van der Waals surface area contributed by atoms with Crippen LogP contribution in [0.5, 0.6) is 0 Å². The van der Waals surface area contributed by atoms with E-state index in [1.165, 1.54) is 6.07 Å². The van der Waals surface area contributed by atoms with Gasteiger partial charge in [0.1, 0.15) is 11.5 Å². The fourth-order valence-electron chi connectivity index (χ4n) is 1.35. The van der Waals surface area contributed by atoms with Crippen molar-refractivity contribution < 1.29 is 17.6 Å². The largest absolute Gasteiger partial charge is 0.460 e. The van der Waals surface area contributed by atoms with Gasteiger partial charge in [0.25, 0.3) is 0 Å². The van der Waals surface area contributed by atoms with Gasteiger partial charge in [0.15, 0.2) is 17.5 Å². The molecule has 1 aromatic carbocycles. The Hall–Kier alpha value is -1.75. The van der Waals surface area contributed by atoms with Crippen LogP contribution in [0.3, 0.4) is 0 Å². The summed E-state index contributed by atoms with van der Waals surface area (Å²) in [6, 6.07) is 4.97. The van der Waals surface area contributed by atoms with Crippen LogP contribution in [-0.4, -0.2) is 0 Å². The molecule has 0 saturated carbocycles. The minimum Gasteiger partial charge on any atom is -0.460 e. The lowest BCUT2D eigenvalue weighted by Gasteiger charge is -2.01. The highest BCUT2D eigenvalue weighted by Crippen LogP contribution is 2.27. The summed E-state index contributed by atoms with van der Waals surface area (Å²) in [5.74, 6) is -3.44. The number of hydrogen-bond acceptors (Lipinski definition) is 2. The van der Waals surface area contributed by atoms with Gasteiger partial charge in [-0.15, -0.1) is 0 Å². The van der Waals surface area contributed by atoms with E-state index in [4.69, 9.17) is 10.2 Å². The van der Waals surface area contributed by atoms with Crippen molar-refractivity contribution in [2.45, 2.75) is 6.54 Å². The molecule has 1 aromatic heterocycles. The summed E-state index contributed by atoms with van der Waals surface area (Å²) in [4.78, 5) is 0. The molecule has 0 radical (unpaired) electrons. The molecule has 0 unspecified atom stereocenters. The van der Waals surface area contributed by atoms with Gasteiger partial charge in [-0.25, -0.2) is 13.2 Å². The van der Waals surface area contributed by atoms with Crippen LogP contribution in [0.25, 0.3) is 11.3 Å². The van der Waals surface area contributed by atoms with Gasteiger partial charge < -0.3 is 10.2 Å². The van der Waals surface area contributed by atoms with Crippen LogP contribution in [-0.2, 0) is 6.54 Å². The normalized spacial score (nSPS) is 10.8. The van der Waals surface area contributed by atoms with Crippen molar-refractivity contribution in [3.63, 3.8) is 0 Å². The van der Waals surface area contributed by atoms with E-state index >= 15 is 0 Å². The molecule has 0 aliphatic rings. The minimum atomic E-state index is -1.51. The van der Waals surface area contributed by atoms with Gasteiger partial charge in [-0.3, -0.25) is 0 Å². The molecule has 2 rings (SSSR count). The molecule has 0 bridgehead atoms. The first-order chi connectivity index (χ1) is 7.63. The number of hydrogen-bond donors (Lipinski definition) is 1. The first-order valence-corrected chi connectivity index (χ1v) is 4.56. The molecular weight excluding hydrogens is 219 g/mol. The van der Waals surface area contributed by atoms with Gasteiger partial charge in [0.2, 0.25) is 0 Å². The standard InChI is InChI=1S/C11H8F3NO/c12-8-3-2-7(10(13)11(8)14)9-4-1-6(5-15)16-9/h1-4H,5,15H2. The Kier molecular flexibility index (Phi) is 2.70. The van der Waals surface area contributed by atoms with E-state index in [9.17, 15) is 13.2 Å². The van der Waals surface area contributed by atoms with Crippen molar-refractivity contribution in [1.82, 2.24) is 0 Å². The Morgan fingerprint density at radius 1 is 1.00 bits per heavy atom. The molecule has 16 heavy (non-hydrogen) atoms. The van der Waals surface area contributed by atoms with Gasteiger partial charge in [0.05, 0.1) is 12.1 Å². The zero-order valence-corrected chi connectivity index (χ0v) is 8.14. The lowest BCUT2D eigenvalue weighted by molar-refractivity contribution is 0.445. The molecule has 0 aliphatic heterocycles. The maximum absolute atomic E-state index is 13.4. The molecule has 1 heterocycles. The zero-order valence-electron chi connectivity index (χ0n) is 8.14. The minimum absolute atomic E-state index is 0.122. The fraction of sp³-hybridized carbons (Fsp3) is 0.0909. The maximum atomic E-state index is 13.4. The van der Waals surface area contributed by atoms with E-state index in [0.717, 1.165) is 12.1 Å². The van der Waals surface area contributed by atoms with Crippen molar-refractivity contribution in [1.29, 1.82) is 0 Å². The third-order valence-electron chi connectivity index (χ3n) is 2.16. The molecule has 0 fully saturated rings. The second-order valence-corrected chi connectivity index (χ2v) is 3.19. The highest BCUT2D eigenvalue weighted by molar-refractivity contribution is 5.58. The second-order valence-electron chi connectivity index (χ2n) is 3.19. The van der Waals surface area contributed by atoms with Crippen molar-refractivity contribution in [2.24, 2.45) is 5.73 Å². The smallest absolute Gasteiger partial charge is 0.195 e. The lowest BCUT2D eigenvalue weighted by atomic mass is 10.1. The Labute approximate surface area is 89.5 Å². The van der Waals surface area contributed by atoms with Crippen LogP contribution in [0.1, 0.15) is 5.76 Å².